The molecule has 0 bridgehead atoms. The fourth-order valence-electron chi connectivity index (χ4n) is 1.98. The molecule has 1 heterocycles. The number of hydrogen-bond acceptors (Lipinski definition) is 4. The van der Waals surface area contributed by atoms with Gasteiger partial charge in [0.2, 0.25) is 5.91 Å². The number of carbonyl (C=O) groups excluding carboxylic acids is 1. The Balaban J connectivity index is 1.65. The molecule has 5 heteroatoms. The van der Waals surface area contributed by atoms with Gasteiger partial charge in [-0.2, -0.15) is 0 Å². The van der Waals surface area contributed by atoms with Crippen LogP contribution in [-0.2, 0) is 11.2 Å². The number of ether oxygens (including phenoxy) is 1. The van der Waals surface area contributed by atoms with Crippen molar-refractivity contribution < 1.29 is 9.53 Å². The number of benzene rings is 1. The van der Waals surface area contributed by atoms with E-state index in [0.717, 1.165) is 29.9 Å². The molecule has 20 heavy (non-hydrogen) atoms. The summed E-state index contributed by atoms with van der Waals surface area (Å²) >= 11 is 1.53. The van der Waals surface area contributed by atoms with Crippen molar-refractivity contribution in [2.24, 2.45) is 5.92 Å². The molecule has 1 saturated carbocycles. The smallest absolute Gasteiger partial charge is 0.229 e. The molecule has 1 aromatic heterocycles. The summed E-state index contributed by atoms with van der Waals surface area (Å²) in [7, 11) is 1.66. The number of anilines is 1. The maximum Gasteiger partial charge on any atom is 0.229 e. The second-order valence-corrected chi connectivity index (χ2v) is 6.04. The Labute approximate surface area is 121 Å². The second-order valence-electron chi connectivity index (χ2n) is 4.92. The van der Waals surface area contributed by atoms with Gasteiger partial charge < -0.3 is 10.1 Å². The van der Waals surface area contributed by atoms with Crippen molar-refractivity contribution in [3.05, 3.63) is 40.9 Å². The first-order valence-corrected chi connectivity index (χ1v) is 7.45. The molecule has 0 saturated heterocycles. The van der Waals surface area contributed by atoms with E-state index in [9.17, 15) is 4.79 Å². The standard InChI is InChI=1S/C15H16N2O2S/c1-19-12-4-2-3-10(7-12)8-13-9-16-15(20-13)17-14(18)11-5-6-11/h2-4,7,9,11H,5-6,8H2,1H3,(H,16,17,18). The van der Waals surface area contributed by atoms with Gasteiger partial charge in [-0.25, -0.2) is 4.98 Å². The van der Waals surface area contributed by atoms with Crippen LogP contribution >= 0.6 is 11.3 Å². The minimum absolute atomic E-state index is 0.104. The molecule has 104 valence electrons. The van der Waals surface area contributed by atoms with E-state index < -0.39 is 0 Å². The van der Waals surface area contributed by atoms with Crippen LogP contribution in [0.5, 0.6) is 5.75 Å². The molecule has 1 aliphatic rings. The van der Waals surface area contributed by atoms with E-state index in [4.69, 9.17) is 4.74 Å². The maximum absolute atomic E-state index is 11.7. The van der Waals surface area contributed by atoms with Gasteiger partial charge in [0.25, 0.3) is 0 Å². The predicted octanol–water partition coefficient (Wildman–Crippen LogP) is 3.09. The molecule has 1 aliphatic carbocycles. The van der Waals surface area contributed by atoms with Crippen LogP contribution in [0.3, 0.4) is 0 Å². The molecule has 0 unspecified atom stereocenters. The molecule has 2 aromatic rings. The zero-order valence-corrected chi connectivity index (χ0v) is 12.1. The number of amides is 1. The van der Waals surface area contributed by atoms with Crippen LogP contribution < -0.4 is 10.1 Å². The second kappa shape index (κ2) is 5.63. The number of nitrogens with zero attached hydrogens (tertiary/aromatic N) is 1. The summed E-state index contributed by atoms with van der Waals surface area (Å²) in [6, 6.07) is 7.98. The van der Waals surface area contributed by atoms with Crippen molar-refractivity contribution in [3.8, 4) is 5.75 Å². The number of carbonyl (C=O) groups is 1. The molecule has 0 spiro atoms. The fraction of sp³-hybridized carbons (Fsp3) is 0.333. The monoisotopic (exact) mass is 288 g/mol. The van der Waals surface area contributed by atoms with Gasteiger partial charge >= 0.3 is 0 Å². The lowest BCUT2D eigenvalue weighted by Crippen LogP contribution is -2.12. The van der Waals surface area contributed by atoms with Crippen LogP contribution in [-0.4, -0.2) is 18.0 Å². The van der Waals surface area contributed by atoms with Crippen molar-refractivity contribution in [1.82, 2.24) is 4.98 Å². The van der Waals surface area contributed by atoms with Crippen molar-refractivity contribution in [1.29, 1.82) is 0 Å². The van der Waals surface area contributed by atoms with Gasteiger partial charge in [0.1, 0.15) is 5.75 Å². The SMILES string of the molecule is COc1cccc(Cc2cnc(NC(=O)C3CC3)s2)c1. The van der Waals surface area contributed by atoms with E-state index in [0.29, 0.717) is 5.13 Å². The van der Waals surface area contributed by atoms with Crippen LogP contribution in [0.25, 0.3) is 0 Å². The Kier molecular flexibility index (Phi) is 3.69. The maximum atomic E-state index is 11.7. The lowest BCUT2D eigenvalue weighted by atomic mass is 10.1. The lowest BCUT2D eigenvalue weighted by molar-refractivity contribution is -0.117. The van der Waals surface area contributed by atoms with E-state index in [1.165, 1.54) is 16.9 Å². The van der Waals surface area contributed by atoms with Crippen LogP contribution in [0.2, 0.25) is 0 Å². The first-order valence-electron chi connectivity index (χ1n) is 6.63. The van der Waals surface area contributed by atoms with E-state index >= 15 is 0 Å². The molecule has 4 nitrogen and oxygen atoms in total. The normalized spacial score (nSPS) is 14.1. The van der Waals surface area contributed by atoms with E-state index in [2.05, 4.69) is 16.4 Å². The number of hydrogen-bond donors (Lipinski definition) is 1. The van der Waals surface area contributed by atoms with Crippen molar-refractivity contribution in [2.45, 2.75) is 19.3 Å². The third kappa shape index (κ3) is 3.17. The largest absolute Gasteiger partial charge is 0.497 e. The number of nitrogens with one attached hydrogen (secondary N) is 1. The first kappa shape index (κ1) is 13.1. The molecule has 3 rings (SSSR count). The molecule has 1 amide bonds. The van der Waals surface area contributed by atoms with E-state index in [1.807, 2.05) is 24.4 Å². The van der Waals surface area contributed by atoms with Gasteiger partial charge in [0.05, 0.1) is 7.11 Å². The quantitative estimate of drug-likeness (QED) is 0.919. The van der Waals surface area contributed by atoms with Crippen LogP contribution in [0, 0.1) is 5.92 Å². The molecule has 1 aromatic carbocycles. The highest BCUT2D eigenvalue weighted by atomic mass is 32.1. The molecular weight excluding hydrogens is 272 g/mol. The average Bonchev–Trinajstić information content (AvgIpc) is 3.22. The van der Waals surface area contributed by atoms with Crippen molar-refractivity contribution >= 4 is 22.4 Å². The third-order valence-electron chi connectivity index (χ3n) is 3.24. The summed E-state index contributed by atoms with van der Waals surface area (Å²) < 4.78 is 5.21. The number of thiazole rings is 1. The average molecular weight is 288 g/mol. The summed E-state index contributed by atoms with van der Waals surface area (Å²) in [5.41, 5.74) is 1.17. The highest BCUT2D eigenvalue weighted by molar-refractivity contribution is 7.15. The Hall–Kier alpha value is -1.88. The van der Waals surface area contributed by atoms with Crippen LogP contribution in [0.4, 0.5) is 5.13 Å². The lowest BCUT2D eigenvalue weighted by Gasteiger charge is -2.02. The fourth-order valence-corrected chi connectivity index (χ4v) is 2.83. The van der Waals surface area contributed by atoms with Gasteiger partial charge in [-0.3, -0.25) is 4.79 Å². The van der Waals surface area contributed by atoms with Gasteiger partial charge in [-0.1, -0.05) is 12.1 Å². The highest BCUT2D eigenvalue weighted by Crippen LogP contribution is 2.31. The molecule has 0 aliphatic heterocycles. The van der Waals surface area contributed by atoms with Crippen LogP contribution in [0.15, 0.2) is 30.5 Å². The zero-order valence-electron chi connectivity index (χ0n) is 11.3. The Morgan fingerprint density at radius 1 is 1.50 bits per heavy atom. The van der Waals surface area contributed by atoms with Gasteiger partial charge in [-0.15, -0.1) is 11.3 Å². The number of methoxy groups -OCH3 is 1. The summed E-state index contributed by atoms with van der Waals surface area (Å²) in [5.74, 6) is 1.17. The Morgan fingerprint density at radius 2 is 2.35 bits per heavy atom. The van der Waals surface area contributed by atoms with Gasteiger partial charge in [0, 0.05) is 23.4 Å². The first-order chi connectivity index (χ1) is 9.74. The van der Waals surface area contributed by atoms with E-state index in [-0.39, 0.29) is 11.8 Å². The highest BCUT2D eigenvalue weighted by Gasteiger charge is 2.30. The van der Waals surface area contributed by atoms with Crippen molar-refractivity contribution in [3.63, 3.8) is 0 Å². The summed E-state index contributed by atoms with van der Waals surface area (Å²) in [6.07, 6.45) is 4.64. The minimum Gasteiger partial charge on any atom is -0.497 e. The van der Waals surface area contributed by atoms with Crippen molar-refractivity contribution in [2.75, 3.05) is 12.4 Å². The summed E-state index contributed by atoms with van der Waals surface area (Å²) in [6.45, 7) is 0. The topological polar surface area (TPSA) is 51.2 Å². The van der Waals surface area contributed by atoms with E-state index in [1.54, 1.807) is 7.11 Å². The zero-order chi connectivity index (χ0) is 13.9. The minimum atomic E-state index is 0.104. The molecular formula is C15H16N2O2S. The molecule has 0 atom stereocenters. The van der Waals surface area contributed by atoms with Crippen LogP contribution in [0.1, 0.15) is 23.3 Å². The van der Waals surface area contributed by atoms with Gasteiger partial charge in [-0.05, 0) is 30.5 Å². The Bertz CT molecular complexity index is 620. The molecule has 1 N–H and O–H groups in total. The third-order valence-corrected chi connectivity index (χ3v) is 4.16. The molecule has 1 fully saturated rings. The number of rotatable bonds is 5. The predicted molar refractivity (Wildman–Crippen MR) is 79.3 cm³/mol. The summed E-state index contributed by atoms with van der Waals surface area (Å²) in [5, 5.41) is 3.57. The number of aromatic nitrogens is 1. The molecule has 0 radical (unpaired) electrons. The summed E-state index contributed by atoms with van der Waals surface area (Å²) in [4.78, 5) is 17.1. The Morgan fingerprint density at radius 3 is 3.10 bits per heavy atom. The van der Waals surface area contributed by atoms with Gasteiger partial charge in [0.15, 0.2) is 5.13 Å².